The lowest BCUT2D eigenvalue weighted by Gasteiger charge is -2.39. The summed E-state index contributed by atoms with van der Waals surface area (Å²) in [6.45, 7) is -3.71. The molecular formula is C17H10F17NO5. The van der Waals surface area contributed by atoms with E-state index in [0.717, 1.165) is 0 Å². The Bertz CT molecular complexity index is 1060. The largest absolute Gasteiger partial charge is 0.455 e. The maximum atomic E-state index is 15.1. The molecule has 0 aromatic rings. The Morgan fingerprint density at radius 3 is 1.68 bits per heavy atom. The predicted molar refractivity (Wildman–Crippen MR) is 85.8 cm³/mol. The van der Waals surface area contributed by atoms with Gasteiger partial charge in [0.2, 0.25) is 5.67 Å². The van der Waals surface area contributed by atoms with Crippen LogP contribution in [0.5, 0.6) is 0 Å². The summed E-state index contributed by atoms with van der Waals surface area (Å²) < 4.78 is 235. The first kappa shape index (κ1) is 33.6. The second-order valence-corrected chi connectivity index (χ2v) is 8.42. The number of nitrogens with zero attached hydrogens (tertiary/aromatic N) is 1. The van der Waals surface area contributed by atoms with Crippen molar-refractivity contribution in [2.24, 2.45) is 0 Å². The number of carbonyl (C=O) groups is 3. The minimum Gasteiger partial charge on any atom is -0.455 e. The Labute approximate surface area is 208 Å². The fourth-order valence-electron chi connectivity index (χ4n) is 3.74. The van der Waals surface area contributed by atoms with Crippen LogP contribution in [-0.2, 0) is 23.9 Å². The number of alkyl halides is 17. The van der Waals surface area contributed by atoms with Crippen LogP contribution in [0, 0.1) is 0 Å². The molecule has 2 aliphatic rings. The topological polar surface area (TPSA) is 72.9 Å². The van der Waals surface area contributed by atoms with Crippen LogP contribution in [0.3, 0.4) is 0 Å². The lowest BCUT2D eigenvalue weighted by atomic mass is 9.73. The van der Waals surface area contributed by atoms with Gasteiger partial charge < -0.3 is 4.74 Å². The molecule has 6 nitrogen and oxygen atoms in total. The Hall–Kier alpha value is -2.62. The van der Waals surface area contributed by atoms with E-state index >= 15 is 13.2 Å². The Morgan fingerprint density at radius 2 is 1.27 bits per heavy atom. The summed E-state index contributed by atoms with van der Waals surface area (Å²) >= 11 is 0. The van der Waals surface area contributed by atoms with Gasteiger partial charge in [-0.25, -0.2) is 27.3 Å². The zero-order chi connectivity index (χ0) is 31.8. The van der Waals surface area contributed by atoms with E-state index in [1.807, 2.05) is 0 Å². The Kier molecular flexibility index (Phi) is 7.72. The molecule has 0 bridgehead atoms. The van der Waals surface area contributed by atoms with E-state index in [1.165, 1.54) is 0 Å². The monoisotopic (exact) mass is 631 g/mol. The average Bonchev–Trinajstić information content (AvgIpc) is 2.86. The standard InChI is InChI=1S/C17H10F17NO5/c18-9-2-1-3-10(19,20)14(9,27)7(37)35(6(9)36)15(28,17(32,33)34)8(38)39-5-11(21,16(29,30)31)40-13(25,26)4-12(22,23)24/h1-5H2. The van der Waals surface area contributed by atoms with Crippen molar-refractivity contribution in [1.82, 2.24) is 4.90 Å². The molecular weight excluding hydrogens is 621 g/mol. The van der Waals surface area contributed by atoms with E-state index in [9.17, 15) is 75.8 Å². The SMILES string of the molecule is O=C1N(C(F)(C(=O)OCC(F)(OC(F)(F)CC(F)(F)F)C(F)(F)F)C(F)(F)F)C(=O)C2(F)C(F)(F)CCCC12F. The summed E-state index contributed by atoms with van der Waals surface area (Å²) in [6.07, 6.45) is -35.0. The highest BCUT2D eigenvalue weighted by Crippen LogP contribution is 2.59. The lowest BCUT2D eigenvalue weighted by Crippen LogP contribution is -2.66. The molecule has 40 heavy (non-hydrogen) atoms. The molecule has 1 aliphatic carbocycles. The number of esters is 1. The van der Waals surface area contributed by atoms with Crippen LogP contribution >= 0.6 is 0 Å². The van der Waals surface area contributed by atoms with E-state index in [0.29, 0.717) is 0 Å². The number of rotatable bonds is 7. The molecule has 23 heteroatoms. The number of hydrogen-bond donors (Lipinski definition) is 0. The number of amides is 2. The van der Waals surface area contributed by atoms with Gasteiger partial charge in [-0.2, -0.15) is 57.1 Å². The van der Waals surface area contributed by atoms with Crippen LogP contribution in [0.1, 0.15) is 25.7 Å². The molecule has 0 aromatic heterocycles. The highest BCUT2D eigenvalue weighted by Gasteiger charge is 2.88. The van der Waals surface area contributed by atoms with Crippen molar-refractivity contribution in [2.75, 3.05) is 6.61 Å². The van der Waals surface area contributed by atoms with E-state index in [1.54, 1.807) is 0 Å². The third kappa shape index (κ3) is 5.01. The number of likely N-dealkylation sites (tertiary alicyclic amines) is 1. The summed E-state index contributed by atoms with van der Waals surface area (Å²) in [6, 6.07) is 0. The van der Waals surface area contributed by atoms with Crippen molar-refractivity contribution < 1.29 is 98.5 Å². The molecule has 1 saturated heterocycles. The van der Waals surface area contributed by atoms with Gasteiger partial charge in [-0.05, 0) is 12.8 Å². The molecule has 1 heterocycles. The highest BCUT2D eigenvalue weighted by molar-refractivity contribution is 6.16. The fourth-order valence-corrected chi connectivity index (χ4v) is 3.74. The quantitative estimate of drug-likeness (QED) is 0.168. The van der Waals surface area contributed by atoms with Gasteiger partial charge in [-0.3, -0.25) is 14.3 Å². The van der Waals surface area contributed by atoms with Crippen LogP contribution in [-0.4, -0.2) is 82.8 Å². The summed E-state index contributed by atoms with van der Waals surface area (Å²) in [5.41, 5.74) is -10.6. The number of fused-ring (bicyclic) bond motifs is 1. The van der Waals surface area contributed by atoms with Gasteiger partial charge in [-0.15, -0.1) is 0 Å². The molecule has 1 aliphatic heterocycles. The van der Waals surface area contributed by atoms with Crippen molar-refractivity contribution in [3.8, 4) is 0 Å². The van der Waals surface area contributed by atoms with E-state index in [2.05, 4.69) is 9.47 Å². The second kappa shape index (κ2) is 9.19. The minimum absolute atomic E-state index is 1.22. The molecule has 0 N–H and O–H groups in total. The second-order valence-electron chi connectivity index (χ2n) is 8.42. The third-order valence-corrected chi connectivity index (χ3v) is 5.59. The van der Waals surface area contributed by atoms with E-state index in [4.69, 9.17) is 0 Å². The summed E-state index contributed by atoms with van der Waals surface area (Å²) in [4.78, 5) is 33.8. The maximum absolute atomic E-state index is 15.1. The van der Waals surface area contributed by atoms with Gasteiger partial charge in [-0.1, -0.05) is 0 Å². The number of ether oxygens (including phenoxy) is 2. The van der Waals surface area contributed by atoms with Crippen LogP contribution < -0.4 is 0 Å². The normalized spacial score (nSPS) is 29.1. The molecule has 232 valence electrons. The van der Waals surface area contributed by atoms with E-state index < -0.39 is 109 Å². The first-order chi connectivity index (χ1) is 17.4. The van der Waals surface area contributed by atoms with E-state index in [-0.39, 0.29) is 0 Å². The molecule has 0 radical (unpaired) electrons. The Balaban J connectivity index is 2.54. The Morgan fingerprint density at radius 1 is 0.775 bits per heavy atom. The zero-order valence-corrected chi connectivity index (χ0v) is 18.4. The molecule has 0 spiro atoms. The average molecular weight is 631 g/mol. The number of halogens is 17. The molecule has 4 unspecified atom stereocenters. The lowest BCUT2D eigenvalue weighted by molar-refractivity contribution is -0.428. The summed E-state index contributed by atoms with van der Waals surface area (Å²) in [5.74, 6) is -29.7. The first-order valence-corrected chi connectivity index (χ1v) is 9.91. The van der Waals surface area contributed by atoms with Gasteiger partial charge in [0.15, 0.2) is 6.61 Å². The van der Waals surface area contributed by atoms with Crippen molar-refractivity contribution in [3.63, 3.8) is 0 Å². The molecule has 2 amide bonds. The van der Waals surface area contributed by atoms with Gasteiger partial charge in [0.05, 0.1) is 0 Å². The number of carbonyl (C=O) groups excluding carboxylic acids is 3. The highest BCUT2D eigenvalue weighted by atomic mass is 19.4. The summed E-state index contributed by atoms with van der Waals surface area (Å²) in [5, 5.41) is 0. The molecule has 0 aromatic carbocycles. The molecule has 2 rings (SSSR count). The number of imide groups is 1. The summed E-state index contributed by atoms with van der Waals surface area (Å²) in [7, 11) is 0. The molecule has 1 saturated carbocycles. The van der Waals surface area contributed by atoms with Crippen molar-refractivity contribution in [3.05, 3.63) is 0 Å². The van der Waals surface area contributed by atoms with Gasteiger partial charge in [0.25, 0.3) is 23.4 Å². The van der Waals surface area contributed by atoms with Crippen LogP contribution in [0.25, 0.3) is 0 Å². The predicted octanol–water partition coefficient (Wildman–Crippen LogP) is 5.15. The van der Waals surface area contributed by atoms with Crippen molar-refractivity contribution in [1.29, 1.82) is 0 Å². The first-order valence-electron chi connectivity index (χ1n) is 9.91. The zero-order valence-electron chi connectivity index (χ0n) is 18.4. The van der Waals surface area contributed by atoms with Gasteiger partial charge in [0.1, 0.15) is 6.42 Å². The fraction of sp³-hybridized carbons (Fsp3) is 0.824. The minimum atomic E-state index is -7.22. The van der Waals surface area contributed by atoms with Crippen LogP contribution in [0.2, 0.25) is 0 Å². The van der Waals surface area contributed by atoms with Crippen LogP contribution in [0.15, 0.2) is 0 Å². The number of hydrogen-bond acceptors (Lipinski definition) is 5. The van der Waals surface area contributed by atoms with Crippen molar-refractivity contribution >= 4 is 17.8 Å². The molecule has 4 atom stereocenters. The van der Waals surface area contributed by atoms with Crippen LogP contribution in [0.4, 0.5) is 74.6 Å². The van der Waals surface area contributed by atoms with Crippen molar-refractivity contribution in [2.45, 2.75) is 79.2 Å². The molecule has 2 fully saturated rings. The smallest absolute Gasteiger partial charge is 0.454 e. The van der Waals surface area contributed by atoms with Gasteiger partial charge in [0, 0.05) is 6.42 Å². The third-order valence-electron chi connectivity index (χ3n) is 5.59. The maximum Gasteiger partial charge on any atom is 0.454 e. The van der Waals surface area contributed by atoms with Gasteiger partial charge >= 0.3 is 42.3 Å².